The molecule has 3 aliphatic rings. The highest BCUT2D eigenvalue weighted by Crippen LogP contribution is 2.58. The summed E-state index contributed by atoms with van der Waals surface area (Å²) in [7, 11) is 0. The van der Waals surface area contributed by atoms with Gasteiger partial charge in [-0.1, -0.05) is 117 Å². The topological polar surface area (TPSA) is 26.3 Å². The zero-order chi connectivity index (χ0) is 28.3. The summed E-state index contributed by atoms with van der Waals surface area (Å²) in [6.07, 6.45) is 27.9. The second kappa shape index (κ2) is 16.6. The first-order valence-corrected chi connectivity index (χ1v) is 17.7. The summed E-state index contributed by atoms with van der Waals surface area (Å²) in [5, 5.41) is 0. The molecule has 0 saturated heterocycles. The Labute approximate surface area is 243 Å². The van der Waals surface area contributed by atoms with Gasteiger partial charge in [-0.25, -0.2) is 0 Å². The first-order chi connectivity index (χ1) is 18.8. The van der Waals surface area contributed by atoms with E-state index < -0.39 is 0 Å². The summed E-state index contributed by atoms with van der Waals surface area (Å²) < 4.78 is 6.06. The molecule has 0 aliphatic heterocycles. The highest BCUT2D eigenvalue weighted by Gasteiger charge is 2.49. The Hall–Kier alpha value is -0.790. The number of hydrogen-bond donors (Lipinski definition) is 0. The molecule has 0 aromatic heterocycles. The van der Waals surface area contributed by atoms with Gasteiger partial charge in [0.2, 0.25) is 0 Å². The van der Waals surface area contributed by atoms with Crippen LogP contribution < -0.4 is 0 Å². The van der Waals surface area contributed by atoms with Crippen LogP contribution in [0.5, 0.6) is 0 Å². The van der Waals surface area contributed by atoms with E-state index in [0.717, 1.165) is 54.8 Å². The lowest BCUT2D eigenvalue weighted by Gasteiger charge is -2.52. The standard InChI is InChI=1S/C37H66O2/c1-7-9-11-12-13-14-19-36(38)39-33-24-25-37(6)32(27-33)22-23-34(35(37)18-10-8-2)31-21-20-30(26-31)29(5)17-15-16-28(3)4/h22,28-31,33-35H,7-21,23-27H2,1-6H3/t29-,30+,31-,33+,34+,35+,37+/m1/s1. The number of esters is 1. The maximum Gasteiger partial charge on any atom is 0.306 e. The van der Waals surface area contributed by atoms with Crippen molar-refractivity contribution in [1.82, 2.24) is 0 Å². The Kier molecular flexibility index (Phi) is 13.9. The molecule has 0 unspecified atom stereocenters. The van der Waals surface area contributed by atoms with Gasteiger partial charge in [-0.05, 0) is 92.3 Å². The molecule has 0 aromatic carbocycles. The van der Waals surface area contributed by atoms with Gasteiger partial charge in [0.1, 0.15) is 6.10 Å². The van der Waals surface area contributed by atoms with E-state index >= 15 is 0 Å². The van der Waals surface area contributed by atoms with Crippen molar-refractivity contribution in [3.05, 3.63) is 11.6 Å². The predicted octanol–water partition coefficient (Wildman–Crippen LogP) is 11.5. The average Bonchev–Trinajstić information content (AvgIpc) is 3.39. The summed E-state index contributed by atoms with van der Waals surface area (Å²) in [6, 6.07) is 0. The first-order valence-electron chi connectivity index (χ1n) is 17.7. The summed E-state index contributed by atoms with van der Waals surface area (Å²) in [5.41, 5.74) is 1.96. The molecule has 0 bridgehead atoms. The first kappa shape index (κ1) is 32.7. The lowest BCUT2D eigenvalue weighted by atomic mass is 9.53. The van der Waals surface area contributed by atoms with Crippen molar-refractivity contribution in [2.24, 2.45) is 40.9 Å². The largest absolute Gasteiger partial charge is 0.462 e. The van der Waals surface area contributed by atoms with Crippen LogP contribution in [0.2, 0.25) is 0 Å². The van der Waals surface area contributed by atoms with Crippen LogP contribution in [0, 0.1) is 40.9 Å². The second-order valence-electron chi connectivity index (χ2n) is 14.8. The van der Waals surface area contributed by atoms with Gasteiger partial charge >= 0.3 is 5.97 Å². The van der Waals surface area contributed by atoms with E-state index in [-0.39, 0.29) is 12.1 Å². The van der Waals surface area contributed by atoms with Crippen molar-refractivity contribution in [3.8, 4) is 0 Å². The van der Waals surface area contributed by atoms with Gasteiger partial charge in [0, 0.05) is 12.8 Å². The Bertz CT molecular complexity index is 738. The van der Waals surface area contributed by atoms with Crippen molar-refractivity contribution in [2.45, 2.75) is 176 Å². The normalized spacial score (nSPS) is 31.7. The number of carbonyl (C=O) groups excluding carboxylic acids is 1. The molecule has 39 heavy (non-hydrogen) atoms. The van der Waals surface area contributed by atoms with Crippen LogP contribution in [0.15, 0.2) is 11.6 Å². The van der Waals surface area contributed by atoms with E-state index in [0.29, 0.717) is 11.8 Å². The Balaban J connectivity index is 1.55. The quantitative estimate of drug-likeness (QED) is 0.104. The molecule has 2 saturated carbocycles. The van der Waals surface area contributed by atoms with E-state index in [1.165, 1.54) is 103 Å². The summed E-state index contributed by atoms with van der Waals surface area (Å²) in [5.74, 6) is 5.35. The fourth-order valence-corrected chi connectivity index (χ4v) is 8.77. The molecule has 2 fully saturated rings. The molecule has 0 aromatic rings. The predicted molar refractivity (Wildman–Crippen MR) is 168 cm³/mol. The molecule has 0 radical (unpaired) electrons. The molecule has 0 N–H and O–H groups in total. The maximum absolute atomic E-state index is 12.6. The molecule has 0 amide bonds. The van der Waals surface area contributed by atoms with Crippen LogP contribution in [-0.4, -0.2) is 12.1 Å². The third-order valence-corrected chi connectivity index (χ3v) is 11.4. The van der Waals surface area contributed by atoms with E-state index in [4.69, 9.17) is 4.74 Å². The van der Waals surface area contributed by atoms with Crippen LogP contribution in [0.1, 0.15) is 170 Å². The fraction of sp³-hybridized carbons (Fsp3) is 0.919. The number of carbonyl (C=O) groups is 1. The molecule has 3 aliphatic carbocycles. The molecule has 2 heteroatoms. The number of allylic oxidation sites excluding steroid dienone is 1. The molecule has 2 nitrogen and oxygen atoms in total. The van der Waals surface area contributed by atoms with Crippen LogP contribution in [0.3, 0.4) is 0 Å². The van der Waals surface area contributed by atoms with Crippen molar-refractivity contribution in [2.75, 3.05) is 0 Å². The Morgan fingerprint density at radius 1 is 0.949 bits per heavy atom. The third-order valence-electron chi connectivity index (χ3n) is 11.4. The van der Waals surface area contributed by atoms with E-state index in [1.54, 1.807) is 5.57 Å². The highest BCUT2D eigenvalue weighted by molar-refractivity contribution is 5.69. The number of ether oxygens (including phenoxy) is 1. The average molecular weight is 543 g/mol. The van der Waals surface area contributed by atoms with Gasteiger partial charge in [-0.2, -0.15) is 0 Å². The molecule has 7 atom stereocenters. The minimum atomic E-state index is 0.0513. The molecule has 0 spiro atoms. The number of fused-ring (bicyclic) bond motifs is 1. The molecule has 0 heterocycles. The minimum absolute atomic E-state index is 0.0513. The van der Waals surface area contributed by atoms with Gasteiger partial charge in [-0.3, -0.25) is 4.79 Å². The van der Waals surface area contributed by atoms with Crippen molar-refractivity contribution in [1.29, 1.82) is 0 Å². The Morgan fingerprint density at radius 2 is 1.69 bits per heavy atom. The van der Waals surface area contributed by atoms with Crippen LogP contribution >= 0.6 is 0 Å². The van der Waals surface area contributed by atoms with E-state index in [1.807, 2.05) is 0 Å². The van der Waals surface area contributed by atoms with Gasteiger partial charge in [0.15, 0.2) is 0 Å². The second-order valence-corrected chi connectivity index (χ2v) is 14.8. The van der Waals surface area contributed by atoms with Crippen molar-refractivity contribution in [3.63, 3.8) is 0 Å². The van der Waals surface area contributed by atoms with Crippen molar-refractivity contribution >= 4 is 5.97 Å². The monoisotopic (exact) mass is 543 g/mol. The molecular formula is C37H66O2. The summed E-state index contributed by atoms with van der Waals surface area (Å²) >= 11 is 0. The lowest BCUT2D eigenvalue weighted by Crippen LogP contribution is -2.44. The lowest BCUT2D eigenvalue weighted by molar-refractivity contribution is -0.151. The van der Waals surface area contributed by atoms with Crippen molar-refractivity contribution < 1.29 is 9.53 Å². The van der Waals surface area contributed by atoms with E-state index in [2.05, 4.69) is 47.6 Å². The number of rotatable bonds is 17. The fourth-order valence-electron chi connectivity index (χ4n) is 8.77. The molecular weight excluding hydrogens is 476 g/mol. The molecule has 226 valence electrons. The van der Waals surface area contributed by atoms with Crippen LogP contribution in [0.4, 0.5) is 0 Å². The number of unbranched alkanes of at least 4 members (excludes halogenated alkanes) is 6. The van der Waals surface area contributed by atoms with Gasteiger partial charge in [0.25, 0.3) is 0 Å². The minimum Gasteiger partial charge on any atom is -0.462 e. The van der Waals surface area contributed by atoms with Crippen LogP contribution in [-0.2, 0) is 9.53 Å². The zero-order valence-corrected chi connectivity index (χ0v) is 27.1. The highest BCUT2D eigenvalue weighted by atomic mass is 16.5. The molecule has 3 rings (SSSR count). The van der Waals surface area contributed by atoms with Gasteiger partial charge < -0.3 is 4.74 Å². The smallest absolute Gasteiger partial charge is 0.306 e. The number of hydrogen-bond acceptors (Lipinski definition) is 2. The summed E-state index contributed by atoms with van der Waals surface area (Å²) in [4.78, 5) is 12.6. The summed E-state index contributed by atoms with van der Waals surface area (Å²) in [6.45, 7) is 14.5. The zero-order valence-electron chi connectivity index (χ0n) is 27.1. The third kappa shape index (κ3) is 9.63. The maximum atomic E-state index is 12.6. The van der Waals surface area contributed by atoms with Crippen LogP contribution in [0.25, 0.3) is 0 Å². The van der Waals surface area contributed by atoms with Gasteiger partial charge in [-0.15, -0.1) is 0 Å². The van der Waals surface area contributed by atoms with Gasteiger partial charge in [0.05, 0.1) is 0 Å². The van der Waals surface area contributed by atoms with E-state index in [9.17, 15) is 4.79 Å². The SMILES string of the molecule is CCCCCCCCC(=O)O[C@H]1CC[C@@]2(C)C(=CC[C@@H]([C@@H]3CC[C@H]([C@H](C)CCCC(C)C)C3)[C@@H]2CCCC)C1. The Morgan fingerprint density at radius 3 is 2.44 bits per heavy atom.